The van der Waals surface area contributed by atoms with Crippen molar-refractivity contribution < 1.29 is 19.4 Å². The number of anilines is 1. The number of nitrogens with one attached hydrogen (secondary N) is 1. The van der Waals surface area contributed by atoms with Crippen molar-refractivity contribution in [2.75, 3.05) is 25.1 Å². The molecule has 0 unspecified atom stereocenters. The molecule has 1 aromatic rings. The summed E-state index contributed by atoms with van der Waals surface area (Å²) >= 11 is 6.08. The van der Waals surface area contributed by atoms with Crippen LogP contribution in [0, 0.1) is 6.92 Å². The number of carboxylic acid groups (broad SMARTS) is 1. The van der Waals surface area contributed by atoms with Crippen molar-refractivity contribution in [3.63, 3.8) is 0 Å². The van der Waals surface area contributed by atoms with E-state index in [1.165, 1.54) is 0 Å². The van der Waals surface area contributed by atoms with Crippen LogP contribution in [0.15, 0.2) is 27.9 Å². The van der Waals surface area contributed by atoms with Gasteiger partial charge in [0.25, 0.3) is 5.91 Å². The van der Waals surface area contributed by atoms with Crippen molar-refractivity contribution in [3.8, 4) is 0 Å². The second kappa shape index (κ2) is 8.92. The lowest BCUT2D eigenvalue weighted by Gasteiger charge is -2.38. The first kappa shape index (κ1) is 21.3. The molecule has 0 bridgehead atoms. The molecule has 0 spiro atoms. The molecule has 29 heavy (non-hydrogen) atoms. The van der Waals surface area contributed by atoms with Gasteiger partial charge in [-0.1, -0.05) is 18.5 Å². The molecule has 3 heterocycles. The molecule has 1 fully saturated rings. The lowest BCUT2D eigenvalue weighted by molar-refractivity contribution is -0.116. The van der Waals surface area contributed by atoms with Crippen LogP contribution < -0.4 is 10.2 Å². The number of allylic oxidation sites excluding steroid dienone is 1. The molecule has 3 rings (SSSR count). The number of aromatic carboxylic acids is 1. The van der Waals surface area contributed by atoms with Crippen LogP contribution >= 0.6 is 11.6 Å². The highest BCUT2D eigenvalue weighted by Crippen LogP contribution is 2.26. The number of aromatic nitrogens is 1. The molecule has 1 saturated heterocycles. The highest BCUT2D eigenvalue weighted by Gasteiger charge is 2.33. The van der Waals surface area contributed by atoms with Crippen molar-refractivity contribution in [2.24, 2.45) is 4.99 Å². The maximum Gasteiger partial charge on any atom is 0.335 e. The molecular formula is C20H25ClN4O4. The molecule has 2 N–H and O–H groups in total. The summed E-state index contributed by atoms with van der Waals surface area (Å²) in [5, 5.41) is 12.7. The fraction of sp³-hybridized carbons (Fsp3) is 0.500. The number of hydrogen-bond acceptors (Lipinski definition) is 6. The third-order valence-electron chi connectivity index (χ3n) is 5.28. The van der Waals surface area contributed by atoms with E-state index in [4.69, 9.17) is 16.3 Å². The van der Waals surface area contributed by atoms with E-state index in [2.05, 4.69) is 15.3 Å². The minimum atomic E-state index is -0.988. The van der Waals surface area contributed by atoms with E-state index in [9.17, 15) is 14.7 Å². The average molecular weight is 421 g/mol. The van der Waals surface area contributed by atoms with Gasteiger partial charge in [-0.2, -0.15) is 0 Å². The number of rotatable bonds is 6. The average Bonchev–Trinajstić information content (AvgIpc) is 3.08. The number of pyridine rings is 1. The molecule has 2 aliphatic rings. The predicted octanol–water partition coefficient (Wildman–Crippen LogP) is 2.50. The molecule has 0 aliphatic carbocycles. The summed E-state index contributed by atoms with van der Waals surface area (Å²) in [6.07, 6.45) is 1.61. The number of nitrogens with zero attached hydrogens (tertiary/aromatic N) is 3. The van der Waals surface area contributed by atoms with Gasteiger partial charge in [0.15, 0.2) is 0 Å². The number of methoxy groups -OCH3 is 1. The minimum absolute atomic E-state index is 0.181. The van der Waals surface area contributed by atoms with Crippen LogP contribution in [0.5, 0.6) is 0 Å². The van der Waals surface area contributed by atoms with Crippen molar-refractivity contribution in [2.45, 2.75) is 45.3 Å². The minimum Gasteiger partial charge on any atom is -0.478 e. The Kier molecular flexibility index (Phi) is 6.54. The molecule has 2 aliphatic heterocycles. The number of hydrogen-bond donors (Lipinski definition) is 2. The molecule has 1 amide bonds. The highest BCUT2D eigenvalue weighted by molar-refractivity contribution is 6.43. The summed E-state index contributed by atoms with van der Waals surface area (Å²) in [4.78, 5) is 34.6. The van der Waals surface area contributed by atoms with Crippen LogP contribution in [0.3, 0.4) is 0 Å². The smallest absolute Gasteiger partial charge is 0.335 e. The van der Waals surface area contributed by atoms with E-state index in [0.29, 0.717) is 48.3 Å². The van der Waals surface area contributed by atoms with Crippen LogP contribution in [-0.2, 0) is 9.53 Å². The summed E-state index contributed by atoms with van der Waals surface area (Å²) in [5.41, 5.74) is 2.23. The topological polar surface area (TPSA) is 104 Å². The highest BCUT2D eigenvalue weighted by atomic mass is 35.5. The Labute approximate surface area is 174 Å². The van der Waals surface area contributed by atoms with E-state index in [1.807, 2.05) is 11.8 Å². The quantitative estimate of drug-likeness (QED) is 0.685. The van der Waals surface area contributed by atoms with Gasteiger partial charge < -0.3 is 20.1 Å². The maximum atomic E-state index is 12.6. The lowest BCUT2D eigenvalue weighted by Crippen LogP contribution is -2.56. The van der Waals surface area contributed by atoms with E-state index < -0.39 is 5.97 Å². The summed E-state index contributed by atoms with van der Waals surface area (Å²) < 4.78 is 5.61. The summed E-state index contributed by atoms with van der Waals surface area (Å²) in [6.45, 7) is 4.86. The Hall–Kier alpha value is -2.45. The zero-order valence-electron chi connectivity index (χ0n) is 16.7. The van der Waals surface area contributed by atoms with Gasteiger partial charge in [0.2, 0.25) is 0 Å². The molecule has 9 heteroatoms. The van der Waals surface area contributed by atoms with E-state index >= 15 is 0 Å². The fourth-order valence-corrected chi connectivity index (χ4v) is 3.93. The number of aryl methyl sites for hydroxylation is 1. The van der Waals surface area contributed by atoms with Crippen LogP contribution in [0.2, 0.25) is 0 Å². The summed E-state index contributed by atoms with van der Waals surface area (Å²) in [5.74, 6) is -0.620. The SMILES string of the molecule is CCC1=C(Cl)N=C(C(=O)N[C@@H]2CCN(c3cc(C(=O)O)cc(C)n3)C[C@@H]2OC)C1. The van der Waals surface area contributed by atoms with Crippen molar-refractivity contribution >= 4 is 35.0 Å². The van der Waals surface area contributed by atoms with E-state index in [0.717, 1.165) is 12.0 Å². The monoisotopic (exact) mass is 420 g/mol. The first-order valence-corrected chi connectivity index (χ1v) is 9.95. The van der Waals surface area contributed by atoms with Crippen molar-refractivity contribution in [1.82, 2.24) is 10.3 Å². The number of carboxylic acids is 1. The molecule has 1 aromatic heterocycles. The first-order chi connectivity index (χ1) is 13.8. The number of amides is 1. The van der Waals surface area contributed by atoms with Gasteiger partial charge in [0.1, 0.15) is 16.7 Å². The third kappa shape index (κ3) is 4.76. The van der Waals surface area contributed by atoms with E-state index in [1.54, 1.807) is 26.2 Å². The third-order valence-corrected chi connectivity index (χ3v) is 5.64. The number of piperidine rings is 1. The Morgan fingerprint density at radius 3 is 2.79 bits per heavy atom. The van der Waals surface area contributed by atoms with Gasteiger partial charge in [0.05, 0.1) is 17.7 Å². The summed E-state index contributed by atoms with van der Waals surface area (Å²) in [7, 11) is 1.60. The lowest BCUT2D eigenvalue weighted by atomic mass is 10.0. The second-order valence-electron chi connectivity index (χ2n) is 7.23. The van der Waals surface area contributed by atoms with Crippen LogP contribution in [0.4, 0.5) is 5.82 Å². The Morgan fingerprint density at radius 1 is 1.41 bits per heavy atom. The van der Waals surface area contributed by atoms with Gasteiger partial charge in [-0.3, -0.25) is 4.79 Å². The Balaban J connectivity index is 1.67. The predicted molar refractivity (Wildman–Crippen MR) is 111 cm³/mol. The number of aliphatic imine (C=N–C) groups is 1. The standard InChI is InChI=1S/C20H25ClN4O4/c1-4-12-8-15(23-18(12)21)19(26)24-14-5-6-25(10-16(14)29-3)17-9-13(20(27)28)7-11(2)22-17/h7,9,14,16H,4-6,8,10H2,1-3H3,(H,24,26)(H,27,28)/t14-,16+/m1/s1. The van der Waals surface area contributed by atoms with Gasteiger partial charge in [-0.05, 0) is 37.5 Å². The van der Waals surface area contributed by atoms with E-state index in [-0.39, 0.29) is 23.6 Å². The zero-order chi connectivity index (χ0) is 21.1. The Bertz CT molecular complexity index is 883. The van der Waals surface area contributed by atoms with Crippen LogP contribution in [-0.4, -0.2) is 60.0 Å². The summed E-state index contributed by atoms with van der Waals surface area (Å²) in [6, 6.07) is 2.92. The molecular weight excluding hydrogens is 396 g/mol. The number of carbonyl (C=O) groups excluding carboxylic acids is 1. The van der Waals surface area contributed by atoms with Gasteiger partial charge in [-0.25, -0.2) is 14.8 Å². The number of ether oxygens (including phenoxy) is 1. The molecule has 2 atom stereocenters. The Morgan fingerprint density at radius 2 is 2.17 bits per heavy atom. The fourth-order valence-electron chi connectivity index (χ4n) is 3.63. The zero-order valence-corrected chi connectivity index (χ0v) is 17.5. The van der Waals surface area contributed by atoms with Crippen molar-refractivity contribution in [1.29, 1.82) is 0 Å². The first-order valence-electron chi connectivity index (χ1n) is 9.58. The molecule has 156 valence electrons. The second-order valence-corrected chi connectivity index (χ2v) is 7.59. The number of carbonyl (C=O) groups is 2. The van der Waals surface area contributed by atoms with Crippen LogP contribution in [0.1, 0.15) is 42.2 Å². The van der Waals surface area contributed by atoms with Gasteiger partial charge in [0, 0.05) is 32.3 Å². The molecule has 0 aromatic carbocycles. The molecule has 0 saturated carbocycles. The largest absolute Gasteiger partial charge is 0.478 e. The molecule has 8 nitrogen and oxygen atoms in total. The molecule has 0 radical (unpaired) electrons. The van der Waals surface area contributed by atoms with Gasteiger partial charge >= 0.3 is 5.97 Å². The van der Waals surface area contributed by atoms with Crippen molar-refractivity contribution in [3.05, 3.63) is 34.1 Å². The van der Waals surface area contributed by atoms with Gasteiger partial charge in [-0.15, -0.1) is 0 Å². The van der Waals surface area contributed by atoms with Crippen LogP contribution in [0.25, 0.3) is 0 Å². The maximum absolute atomic E-state index is 12.6. The normalized spacial score (nSPS) is 21.9. The number of halogens is 1.